The van der Waals surface area contributed by atoms with Crippen LogP contribution in [-0.4, -0.2) is 11.9 Å². The van der Waals surface area contributed by atoms with Crippen LogP contribution in [0, 0.1) is 5.92 Å². The summed E-state index contributed by atoms with van der Waals surface area (Å²) < 4.78 is 0. The van der Waals surface area contributed by atoms with E-state index in [-0.39, 0.29) is 0 Å². The molecule has 0 heterocycles. The molecule has 0 saturated heterocycles. The number of hydrogen-bond donors (Lipinski definition) is 2. The van der Waals surface area contributed by atoms with Gasteiger partial charge in [0, 0.05) is 11.7 Å². The molecule has 19 heavy (non-hydrogen) atoms. The van der Waals surface area contributed by atoms with Crippen molar-refractivity contribution in [3.63, 3.8) is 0 Å². The van der Waals surface area contributed by atoms with Gasteiger partial charge in [-0.2, -0.15) is 0 Å². The quantitative estimate of drug-likeness (QED) is 0.881. The highest BCUT2D eigenvalue weighted by molar-refractivity contribution is 6.33. The lowest BCUT2D eigenvalue weighted by Gasteiger charge is -2.29. The first-order valence-electron chi connectivity index (χ1n) is 6.94. The van der Waals surface area contributed by atoms with Crippen LogP contribution in [-0.2, 0) is 0 Å². The summed E-state index contributed by atoms with van der Waals surface area (Å²) in [4.78, 5) is 11.3. The van der Waals surface area contributed by atoms with E-state index in [1.54, 1.807) is 12.1 Å². The van der Waals surface area contributed by atoms with Crippen molar-refractivity contribution >= 4 is 23.2 Å². The van der Waals surface area contributed by atoms with Crippen molar-refractivity contribution in [2.45, 2.75) is 45.1 Å². The number of halogens is 1. The van der Waals surface area contributed by atoms with Gasteiger partial charge in [0.1, 0.15) is 0 Å². The van der Waals surface area contributed by atoms with E-state index < -0.39 is 5.91 Å². The molecule has 104 valence electrons. The summed E-state index contributed by atoms with van der Waals surface area (Å²) in [7, 11) is 0. The highest BCUT2D eigenvalue weighted by atomic mass is 35.5. The Morgan fingerprint density at radius 1 is 1.37 bits per heavy atom. The summed E-state index contributed by atoms with van der Waals surface area (Å²) in [6.07, 6.45) is 6.57. The Hall–Kier alpha value is -1.22. The smallest absolute Gasteiger partial charge is 0.250 e. The zero-order valence-electron chi connectivity index (χ0n) is 11.3. The number of nitrogens with one attached hydrogen (secondary N) is 1. The van der Waals surface area contributed by atoms with Crippen LogP contribution in [0.15, 0.2) is 18.2 Å². The topological polar surface area (TPSA) is 55.1 Å². The molecule has 2 rings (SSSR count). The van der Waals surface area contributed by atoms with Gasteiger partial charge in [0.2, 0.25) is 5.91 Å². The molecule has 3 N–H and O–H groups in total. The van der Waals surface area contributed by atoms with Crippen molar-refractivity contribution in [2.75, 3.05) is 5.32 Å². The Bertz CT molecular complexity index is 455. The molecule has 0 aromatic heterocycles. The van der Waals surface area contributed by atoms with E-state index in [1.165, 1.54) is 32.1 Å². The van der Waals surface area contributed by atoms with E-state index >= 15 is 0 Å². The lowest BCUT2D eigenvalue weighted by Crippen LogP contribution is -2.27. The lowest BCUT2D eigenvalue weighted by molar-refractivity contribution is 0.100. The monoisotopic (exact) mass is 280 g/mol. The molecular weight excluding hydrogens is 260 g/mol. The Morgan fingerprint density at radius 3 is 2.68 bits per heavy atom. The van der Waals surface area contributed by atoms with Crippen molar-refractivity contribution in [2.24, 2.45) is 11.7 Å². The van der Waals surface area contributed by atoms with Crippen LogP contribution >= 0.6 is 11.6 Å². The minimum Gasteiger partial charge on any atom is -0.382 e. The number of primary amides is 1. The number of carbonyl (C=O) groups excluding carboxylic acids is 1. The molecule has 0 bridgehead atoms. The molecular formula is C15H21ClN2O. The van der Waals surface area contributed by atoms with Gasteiger partial charge in [0.25, 0.3) is 0 Å². The highest BCUT2D eigenvalue weighted by Gasteiger charge is 2.20. The molecule has 1 aliphatic rings. The van der Waals surface area contributed by atoms with Crippen LogP contribution < -0.4 is 11.1 Å². The molecule has 4 heteroatoms. The number of amides is 1. The van der Waals surface area contributed by atoms with Gasteiger partial charge in [-0.3, -0.25) is 4.79 Å². The summed E-state index contributed by atoms with van der Waals surface area (Å²) in [5, 5.41) is 3.87. The summed E-state index contributed by atoms with van der Waals surface area (Å²) >= 11 is 5.95. The largest absolute Gasteiger partial charge is 0.382 e. The molecule has 1 aromatic rings. The van der Waals surface area contributed by atoms with Crippen molar-refractivity contribution in [3.8, 4) is 0 Å². The molecule has 3 nitrogen and oxygen atoms in total. The predicted molar refractivity (Wildman–Crippen MR) is 79.6 cm³/mol. The average molecular weight is 281 g/mol. The average Bonchev–Trinajstić information content (AvgIpc) is 2.41. The Labute approximate surface area is 119 Å². The number of rotatable bonds is 4. The Kier molecular flexibility index (Phi) is 4.70. The van der Waals surface area contributed by atoms with Crippen molar-refractivity contribution < 1.29 is 4.79 Å². The number of anilines is 1. The molecule has 1 aromatic carbocycles. The molecule has 1 saturated carbocycles. The summed E-state index contributed by atoms with van der Waals surface area (Å²) in [5.41, 5.74) is 6.60. The van der Waals surface area contributed by atoms with Gasteiger partial charge in [-0.15, -0.1) is 0 Å². The summed E-state index contributed by atoms with van der Waals surface area (Å²) in [6, 6.07) is 5.76. The second-order valence-corrected chi connectivity index (χ2v) is 5.80. The van der Waals surface area contributed by atoms with E-state index in [0.717, 1.165) is 5.69 Å². The molecule has 0 radical (unpaired) electrons. The first-order valence-corrected chi connectivity index (χ1v) is 7.31. The van der Waals surface area contributed by atoms with Crippen LogP contribution in [0.3, 0.4) is 0 Å². The van der Waals surface area contributed by atoms with E-state index in [9.17, 15) is 4.79 Å². The number of benzene rings is 1. The van der Waals surface area contributed by atoms with Crippen LogP contribution in [0.4, 0.5) is 5.69 Å². The van der Waals surface area contributed by atoms with E-state index in [0.29, 0.717) is 22.5 Å². The lowest BCUT2D eigenvalue weighted by atomic mass is 9.84. The van der Waals surface area contributed by atoms with E-state index in [1.807, 2.05) is 6.07 Å². The minimum atomic E-state index is -0.487. The maximum absolute atomic E-state index is 11.3. The van der Waals surface area contributed by atoms with Crippen LogP contribution in [0.25, 0.3) is 0 Å². The maximum atomic E-state index is 11.3. The summed E-state index contributed by atoms with van der Waals surface area (Å²) in [6.45, 7) is 2.20. The highest BCUT2D eigenvalue weighted by Crippen LogP contribution is 2.29. The molecule has 0 spiro atoms. The fourth-order valence-corrected chi connectivity index (χ4v) is 3.03. The van der Waals surface area contributed by atoms with E-state index in [2.05, 4.69) is 12.2 Å². The Balaban J connectivity index is 2.05. The fraction of sp³-hybridized carbons (Fsp3) is 0.533. The van der Waals surface area contributed by atoms with Gasteiger partial charge in [0.05, 0.1) is 10.6 Å². The van der Waals surface area contributed by atoms with Gasteiger partial charge in [-0.1, -0.05) is 30.9 Å². The second-order valence-electron chi connectivity index (χ2n) is 5.39. The fourth-order valence-electron chi connectivity index (χ4n) is 2.82. The van der Waals surface area contributed by atoms with Gasteiger partial charge in [0.15, 0.2) is 0 Å². The van der Waals surface area contributed by atoms with Crippen LogP contribution in [0.2, 0.25) is 5.02 Å². The molecule has 1 amide bonds. The van der Waals surface area contributed by atoms with Crippen molar-refractivity contribution in [1.29, 1.82) is 0 Å². The standard InChI is InChI=1S/C15H21ClN2O/c1-10(11-5-3-2-4-6-11)18-12-7-8-14(16)13(9-12)15(17)19/h7-11,18H,2-6H2,1H3,(H2,17,19). The van der Waals surface area contributed by atoms with E-state index in [4.69, 9.17) is 17.3 Å². The molecule has 0 aliphatic heterocycles. The zero-order chi connectivity index (χ0) is 13.8. The number of nitrogens with two attached hydrogens (primary N) is 1. The number of carbonyl (C=O) groups is 1. The normalized spacial score (nSPS) is 18.0. The number of hydrogen-bond acceptors (Lipinski definition) is 2. The maximum Gasteiger partial charge on any atom is 0.250 e. The molecule has 1 unspecified atom stereocenters. The van der Waals surface area contributed by atoms with Crippen LogP contribution in [0.1, 0.15) is 49.4 Å². The van der Waals surface area contributed by atoms with Gasteiger partial charge >= 0.3 is 0 Å². The van der Waals surface area contributed by atoms with Crippen molar-refractivity contribution in [1.82, 2.24) is 0 Å². The zero-order valence-corrected chi connectivity index (χ0v) is 12.0. The first kappa shape index (κ1) is 14.2. The minimum absolute atomic E-state index is 0.377. The Morgan fingerprint density at radius 2 is 2.05 bits per heavy atom. The summed E-state index contributed by atoms with van der Waals surface area (Å²) in [5.74, 6) is 0.223. The third kappa shape index (κ3) is 3.63. The second kappa shape index (κ2) is 6.29. The molecule has 1 atom stereocenters. The SMILES string of the molecule is CC(Nc1ccc(Cl)c(C(N)=O)c1)C1CCCCC1. The molecule has 1 fully saturated rings. The third-order valence-corrected chi connectivity index (χ3v) is 4.31. The van der Waals surface area contributed by atoms with Gasteiger partial charge in [-0.05, 0) is 43.9 Å². The first-order chi connectivity index (χ1) is 9.08. The molecule has 1 aliphatic carbocycles. The predicted octanol–water partition coefficient (Wildman–Crippen LogP) is 3.82. The van der Waals surface area contributed by atoms with Crippen molar-refractivity contribution in [3.05, 3.63) is 28.8 Å². The van der Waals surface area contributed by atoms with Gasteiger partial charge < -0.3 is 11.1 Å². The van der Waals surface area contributed by atoms with Gasteiger partial charge in [-0.25, -0.2) is 0 Å². The van der Waals surface area contributed by atoms with Crippen LogP contribution in [0.5, 0.6) is 0 Å². The third-order valence-electron chi connectivity index (χ3n) is 3.98.